The molecule has 0 aliphatic rings. The highest BCUT2D eigenvalue weighted by molar-refractivity contribution is 7.89. The topological polar surface area (TPSA) is 98.0 Å². The monoisotopic (exact) mass is 306 g/mol. The van der Waals surface area contributed by atoms with Gasteiger partial charge < -0.3 is 5.32 Å². The Hall–Kier alpha value is -1.99. The number of anilines is 1. The summed E-state index contributed by atoms with van der Waals surface area (Å²) in [6.07, 6.45) is 1.70. The highest BCUT2D eigenvalue weighted by atomic mass is 32.2. The fourth-order valence-corrected chi connectivity index (χ4v) is 2.36. The second-order valence-electron chi connectivity index (χ2n) is 5.00. The van der Waals surface area contributed by atoms with E-state index in [0.29, 0.717) is 12.4 Å². The first-order valence-corrected chi connectivity index (χ1v) is 8.09. The first-order valence-electron chi connectivity index (χ1n) is 6.55. The highest BCUT2D eigenvalue weighted by Crippen LogP contribution is 2.13. The van der Waals surface area contributed by atoms with Crippen LogP contribution in [0.5, 0.6) is 0 Å². The number of sulfonamides is 1. The maximum atomic E-state index is 11.3. The number of aromatic nitrogens is 2. The number of hydrogen-bond acceptors (Lipinski definition) is 5. The molecular formula is C14H18N4O2S. The molecule has 1 heterocycles. The van der Waals surface area contributed by atoms with Gasteiger partial charge in [0.2, 0.25) is 10.0 Å². The molecule has 2 rings (SSSR count). The van der Waals surface area contributed by atoms with E-state index < -0.39 is 10.0 Å². The van der Waals surface area contributed by atoms with Gasteiger partial charge in [-0.1, -0.05) is 26.0 Å². The molecule has 0 bridgehead atoms. The molecule has 0 unspecified atom stereocenters. The molecule has 112 valence electrons. The van der Waals surface area contributed by atoms with Gasteiger partial charge >= 0.3 is 0 Å². The van der Waals surface area contributed by atoms with Crippen molar-refractivity contribution < 1.29 is 8.42 Å². The van der Waals surface area contributed by atoms with Crippen molar-refractivity contribution in [2.24, 2.45) is 5.14 Å². The molecule has 0 aliphatic heterocycles. The lowest BCUT2D eigenvalue weighted by Crippen LogP contribution is -2.12. The molecule has 7 heteroatoms. The van der Waals surface area contributed by atoms with Gasteiger partial charge in [0.1, 0.15) is 11.6 Å². The molecule has 0 saturated heterocycles. The van der Waals surface area contributed by atoms with Gasteiger partial charge in [0, 0.05) is 18.7 Å². The summed E-state index contributed by atoms with van der Waals surface area (Å²) < 4.78 is 22.6. The van der Waals surface area contributed by atoms with Crippen LogP contribution in [-0.2, 0) is 16.6 Å². The Bertz CT molecular complexity index is 729. The van der Waals surface area contributed by atoms with E-state index in [1.807, 2.05) is 19.9 Å². The molecule has 1 aromatic carbocycles. The predicted octanol–water partition coefficient (Wildman–Crippen LogP) is 1.86. The molecule has 21 heavy (non-hydrogen) atoms. The number of benzene rings is 1. The standard InChI is InChI=1S/C14H18N4O2S/c1-10(2)14-16-7-6-13(18-14)17-9-11-4-3-5-12(8-11)21(15,19)20/h3-8,10H,9H2,1-2H3,(H2,15,19,20)(H,16,17,18). The fourth-order valence-electron chi connectivity index (χ4n) is 1.78. The first kappa shape index (κ1) is 15.4. The molecular weight excluding hydrogens is 288 g/mol. The highest BCUT2D eigenvalue weighted by Gasteiger charge is 2.08. The lowest BCUT2D eigenvalue weighted by molar-refractivity contribution is 0.597. The average Bonchev–Trinajstić information content (AvgIpc) is 2.45. The number of hydrogen-bond donors (Lipinski definition) is 2. The Kier molecular flexibility index (Phi) is 4.54. The third kappa shape index (κ3) is 4.24. The molecule has 0 aliphatic carbocycles. The van der Waals surface area contributed by atoms with Crippen molar-refractivity contribution in [1.82, 2.24) is 9.97 Å². The Morgan fingerprint density at radius 2 is 2.05 bits per heavy atom. The van der Waals surface area contributed by atoms with Crippen LogP contribution in [0, 0.1) is 0 Å². The molecule has 0 spiro atoms. The Morgan fingerprint density at radius 1 is 1.29 bits per heavy atom. The third-order valence-electron chi connectivity index (χ3n) is 2.89. The van der Waals surface area contributed by atoms with Crippen molar-refractivity contribution in [2.45, 2.75) is 31.2 Å². The minimum atomic E-state index is -3.68. The molecule has 0 radical (unpaired) electrons. The smallest absolute Gasteiger partial charge is 0.238 e. The molecule has 1 aromatic heterocycles. The largest absolute Gasteiger partial charge is 0.366 e. The predicted molar refractivity (Wildman–Crippen MR) is 81.3 cm³/mol. The SMILES string of the molecule is CC(C)c1nccc(NCc2cccc(S(N)(=O)=O)c2)n1. The van der Waals surface area contributed by atoms with Gasteiger partial charge in [-0.25, -0.2) is 23.5 Å². The van der Waals surface area contributed by atoms with Gasteiger partial charge in [0.25, 0.3) is 0 Å². The van der Waals surface area contributed by atoms with E-state index >= 15 is 0 Å². The number of nitrogens with one attached hydrogen (secondary N) is 1. The molecule has 2 aromatic rings. The van der Waals surface area contributed by atoms with Crippen LogP contribution in [0.1, 0.15) is 31.2 Å². The van der Waals surface area contributed by atoms with Crippen LogP contribution in [0.2, 0.25) is 0 Å². The van der Waals surface area contributed by atoms with Crippen molar-refractivity contribution in [2.75, 3.05) is 5.32 Å². The van der Waals surface area contributed by atoms with Gasteiger partial charge in [0.05, 0.1) is 4.90 Å². The summed E-state index contributed by atoms with van der Waals surface area (Å²) in [7, 11) is -3.68. The van der Waals surface area contributed by atoms with Crippen LogP contribution in [0.25, 0.3) is 0 Å². The molecule has 0 saturated carbocycles. The summed E-state index contributed by atoms with van der Waals surface area (Å²) >= 11 is 0. The maximum Gasteiger partial charge on any atom is 0.238 e. The van der Waals surface area contributed by atoms with Gasteiger partial charge in [-0.15, -0.1) is 0 Å². The number of rotatable bonds is 5. The zero-order chi connectivity index (χ0) is 15.5. The first-order chi connectivity index (χ1) is 9.86. The van der Waals surface area contributed by atoms with Crippen molar-refractivity contribution >= 4 is 15.8 Å². The average molecular weight is 306 g/mol. The van der Waals surface area contributed by atoms with Gasteiger partial charge in [-0.05, 0) is 23.8 Å². The number of nitrogens with zero attached hydrogens (tertiary/aromatic N) is 2. The van der Waals surface area contributed by atoms with Crippen LogP contribution < -0.4 is 10.5 Å². The van der Waals surface area contributed by atoms with E-state index in [-0.39, 0.29) is 10.8 Å². The van der Waals surface area contributed by atoms with Crippen LogP contribution in [-0.4, -0.2) is 18.4 Å². The summed E-state index contributed by atoms with van der Waals surface area (Å²) in [6.45, 7) is 4.50. The summed E-state index contributed by atoms with van der Waals surface area (Å²) in [5.74, 6) is 1.71. The summed E-state index contributed by atoms with van der Waals surface area (Å²) in [4.78, 5) is 8.69. The maximum absolute atomic E-state index is 11.3. The summed E-state index contributed by atoms with van der Waals surface area (Å²) in [5, 5.41) is 8.27. The zero-order valence-electron chi connectivity index (χ0n) is 11.9. The van der Waals surface area contributed by atoms with Gasteiger partial charge in [-0.2, -0.15) is 0 Å². The lowest BCUT2D eigenvalue weighted by atomic mass is 10.2. The van der Waals surface area contributed by atoms with Crippen molar-refractivity contribution in [3.8, 4) is 0 Å². The minimum absolute atomic E-state index is 0.104. The Labute approximate surface area is 124 Å². The van der Waals surface area contributed by atoms with E-state index in [1.54, 1.807) is 24.4 Å². The third-order valence-corrected chi connectivity index (χ3v) is 3.80. The quantitative estimate of drug-likeness (QED) is 0.878. The van der Waals surface area contributed by atoms with Crippen LogP contribution in [0.15, 0.2) is 41.4 Å². The number of nitrogens with two attached hydrogens (primary N) is 1. The second kappa shape index (κ2) is 6.19. The Balaban J connectivity index is 2.12. The molecule has 0 amide bonds. The lowest BCUT2D eigenvalue weighted by Gasteiger charge is -2.09. The molecule has 0 fully saturated rings. The van der Waals surface area contributed by atoms with Crippen molar-refractivity contribution in [3.05, 3.63) is 47.9 Å². The van der Waals surface area contributed by atoms with E-state index in [1.165, 1.54) is 6.07 Å². The van der Waals surface area contributed by atoms with Gasteiger partial charge in [-0.3, -0.25) is 0 Å². The fraction of sp³-hybridized carbons (Fsp3) is 0.286. The van der Waals surface area contributed by atoms with E-state index in [4.69, 9.17) is 5.14 Å². The molecule has 6 nitrogen and oxygen atoms in total. The van der Waals surface area contributed by atoms with Crippen LogP contribution >= 0.6 is 0 Å². The van der Waals surface area contributed by atoms with Crippen molar-refractivity contribution in [1.29, 1.82) is 0 Å². The van der Waals surface area contributed by atoms with Crippen molar-refractivity contribution in [3.63, 3.8) is 0 Å². The van der Waals surface area contributed by atoms with Crippen LogP contribution in [0.3, 0.4) is 0 Å². The minimum Gasteiger partial charge on any atom is -0.366 e. The summed E-state index contributed by atoms with van der Waals surface area (Å²) in [5.41, 5.74) is 0.811. The normalized spacial score (nSPS) is 11.6. The van der Waals surface area contributed by atoms with Crippen LogP contribution in [0.4, 0.5) is 5.82 Å². The van der Waals surface area contributed by atoms with E-state index in [2.05, 4.69) is 15.3 Å². The molecule has 0 atom stereocenters. The second-order valence-corrected chi connectivity index (χ2v) is 6.56. The zero-order valence-corrected chi connectivity index (χ0v) is 12.8. The van der Waals surface area contributed by atoms with Gasteiger partial charge in [0.15, 0.2) is 0 Å². The summed E-state index contributed by atoms with van der Waals surface area (Å²) in [6, 6.07) is 8.28. The molecule has 3 N–H and O–H groups in total. The number of primary sulfonamides is 1. The van der Waals surface area contributed by atoms with E-state index in [0.717, 1.165) is 11.4 Å². The Morgan fingerprint density at radius 3 is 2.71 bits per heavy atom. The van der Waals surface area contributed by atoms with E-state index in [9.17, 15) is 8.42 Å².